The Kier molecular flexibility index (Phi) is 3.83. The van der Waals surface area contributed by atoms with Gasteiger partial charge in [0.1, 0.15) is 0 Å². The number of allylic oxidation sites excluding steroid dienone is 6. The molecule has 0 heterocycles. The summed E-state index contributed by atoms with van der Waals surface area (Å²) in [6.45, 7) is 4.15. The SMILES string of the molecule is CN=C1C=CC(Cl)=C(C)/C1=C(/C)c1ccccc1. The second-order valence-electron chi connectivity index (χ2n) is 4.28. The molecule has 0 aromatic heterocycles. The fourth-order valence-corrected chi connectivity index (χ4v) is 2.32. The molecule has 0 saturated heterocycles. The molecule has 0 radical (unpaired) electrons. The minimum absolute atomic E-state index is 0.785. The molecule has 1 aromatic carbocycles. The lowest BCUT2D eigenvalue weighted by Crippen LogP contribution is -2.08. The Bertz CT molecular complexity index is 574. The summed E-state index contributed by atoms with van der Waals surface area (Å²) in [6.07, 6.45) is 3.87. The minimum Gasteiger partial charge on any atom is -0.288 e. The van der Waals surface area contributed by atoms with Gasteiger partial charge in [-0.15, -0.1) is 0 Å². The third kappa shape index (κ3) is 2.32. The van der Waals surface area contributed by atoms with Crippen LogP contribution in [0.25, 0.3) is 5.57 Å². The zero-order valence-electron chi connectivity index (χ0n) is 10.9. The molecule has 1 aromatic rings. The van der Waals surface area contributed by atoms with Crippen molar-refractivity contribution < 1.29 is 0 Å². The second-order valence-corrected chi connectivity index (χ2v) is 4.69. The van der Waals surface area contributed by atoms with Gasteiger partial charge in [0, 0.05) is 17.7 Å². The van der Waals surface area contributed by atoms with Crippen molar-refractivity contribution in [3.05, 3.63) is 64.2 Å². The molecular weight excluding hydrogens is 242 g/mol. The molecular formula is C16H16ClN. The van der Waals surface area contributed by atoms with Crippen LogP contribution in [0.2, 0.25) is 0 Å². The standard InChI is InChI=1S/C16H16ClN/c1-11(13-7-5-4-6-8-13)16-12(2)14(17)9-10-15(16)18-3/h4-10H,1-3H3/b16-11+,18-15?. The highest BCUT2D eigenvalue weighted by Gasteiger charge is 2.17. The first-order valence-corrected chi connectivity index (χ1v) is 6.31. The van der Waals surface area contributed by atoms with E-state index in [-0.39, 0.29) is 0 Å². The molecule has 1 aliphatic rings. The van der Waals surface area contributed by atoms with Crippen molar-refractivity contribution in [2.24, 2.45) is 4.99 Å². The van der Waals surface area contributed by atoms with Gasteiger partial charge in [0.2, 0.25) is 0 Å². The highest BCUT2D eigenvalue weighted by atomic mass is 35.5. The van der Waals surface area contributed by atoms with E-state index in [0.717, 1.165) is 21.9 Å². The molecule has 0 saturated carbocycles. The Morgan fingerprint density at radius 1 is 1.11 bits per heavy atom. The monoisotopic (exact) mass is 257 g/mol. The molecule has 0 N–H and O–H groups in total. The van der Waals surface area contributed by atoms with E-state index in [9.17, 15) is 0 Å². The quantitative estimate of drug-likeness (QED) is 0.697. The van der Waals surface area contributed by atoms with Gasteiger partial charge < -0.3 is 0 Å². The van der Waals surface area contributed by atoms with Gasteiger partial charge >= 0.3 is 0 Å². The smallest absolute Gasteiger partial charge is 0.0649 e. The van der Waals surface area contributed by atoms with Gasteiger partial charge in [-0.25, -0.2) is 0 Å². The van der Waals surface area contributed by atoms with E-state index >= 15 is 0 Å². The topological polar surface area (TPSA) is 12.4 Å². The summed E-state index contributed by atoms with van der Waals surface area (Å²) in [4.78, 5) is 4.34. The van der Waals surface area contributed by atoms with Gasteiger partial charge in [0.25, 0.3) is 0 Å². The van der Waals surface area contributed by atoms with Crippen molar-refractivity contribution in [2.45, 2.75) is 13.8 Å². The van der Waals surface area contributed by atoms with E-state index in [0.29, 0.717) is 0 Å². The lowest BCUT2D eigenvalue weighted by atomic mass is 9.90. The summed E-state index contributed by atoms with van der Waals surface area (Å²) in [5.74, 6) is 0. The van der Waals surface area contributed by atoms with Crippen molar-refractivity contribution in [3.8, 4) is 0 Å². The van der Waals surface area contributed by atoms with Crippen LogP contribution >= 0.6 is 11.6 Å². The van der Waals surface area contributed by atoms with E-state index in [2.05, 4.69) is 24.0 Å². The van der Waals surface area contributed by atoms with E-state index in [1.54, 1.807) is 0 Å². The van der Waals surface area contributed by atoms with Gasteiger partial charge in [-0.3, -0.25) is 4.99 Å². The maximum atomic E-state index is 6.22. The second kappa shape index (κ2) is 5.36. The molecule has 92 valence electrons. The third-order valence-corrected chi connectivity index (χ3v) is 3.61. The van der Waals surface area contributed by atoms with Gasteiger partial charge in [0.05, 0.1) is 5.71 Å². The van der Waals surface area contributed by atoms with Crippen LogP contribution in [0, 0.1) is 0 Å². The number of hydrogen-bond donors (Lipinski definition) is 0. The molecule has 0 fully saturated rings. The van der Waals surface area contributed by atoms with Crippen molar-refractivity contribution in [1.29, 1.82) is 0 Å². The van der Waals surface area contributed by atoms with Crippen molar-refractivity contribution in [1.82, 2.24) is 0 Å². The summed E-state index contributed by atoms with van der Waals surface area (Å²) in [5.41, 5.74) is 5.61. The summed E-state index contributed by atoms with van der Waals surface area (Å²) >= 11 is 6.22. The zero-order valence-corrected chi connectivity index (χ0v) is 11.6. The number of hydrogen-bond acceptors (Lipinski definition) is 1. The predicted molar refractivity (Wildman–Crippen MR) is 80.1 cm³/mol. The molecule has 1 aliphatic carbocycles. The summed E-state index contributed by atoms with van der Waals surface area (Å²) in [5, 5.41) is 0.785. The predicted octanol–water partition coefficient (Wildman–Crippen LogP) is 4.61. The molecule has 1 nitrogen and oxygen atoms in total. The van der Waals surface area contributed by atoms with Crippen molar-refractivity contribution >= 4 is 22.9 Å². The van der Waals surface area contributed by atoms with Crippen LogP contribution in [-0.4, -0.2) is 12.8 Å². The van der Waals surface area contributed by atoms with Gasteiger partial charge in [-0.2, -0.15) is 0 Å². The Morgan fingerprint density at radius 2 is 1.78 bits per heavy atom. The molecule has 0 spiro atoms. The molecule has 2 heteroatoms. The largest absolute Gasteiger partial charge is 0.288 e. The average molecular weight is 258 g/mol. The first kappa shape index (κ1) is 12.8. The van der Waals surface area contributed by atoms with Crippen LogP contribution in [0.15, 0.2) is 63.7 Å². The lowest BCUT2D eigenvalue weighted by molar-refractivity contribution is 1.36. The Labute approximate surface area is 113 Å². The fourth-order valence-electron chi connectivity index (χ4n) is 2.16. The number of halogens is 1. The number of rotatable bonds is 1. The van der Waals surface area contributed by atoms with E-state index in [4.69, 9.17) is 11.6 Å². The van der Waals surface area contributed by atoms with Crippen LogP contribution in [-0.2, 0) is 0 Å². The highest BCUT2D eigenvalue weighted by Crippen LogP contribution is 2.31. The fraction of sp³-hybridized carbons (Fsp3) is 0.188. The molecule has 0 bridgehead atoms. The van der Waals surface area contributed by atoms with Crippen molar-refractivity contribution in [3.63, 3.8) is 0 Å². The van der Waals surface area contributed by atoms with Crippen LogP contribution in [0.1, 0.15) is 19.4 Å². The number of nitrogens with zero attached hydrogens (tertiary/aromatic N) is 1. The van der Waals surface area contributed by atoms with Gasteiger partial charge in [-0.1, -0.05) is 41.9 Å². The molecule has 0 aliphatic heterocycles. The summed E-state index contributed by atoms with van der Waals surface area (Å²) in [7, 11) is 1.81. The van der Waals surface area contributed by atoms with Crippen LogP contribution in [0.3, 0.4) is 0 Å². The first-order chi connectivity index (χ1) is 8.65. The van der Waals surface area contributed by atoms with Gasteiger partial charge in [0.15, 0.2) is 0 Å². The first-order valence-electron chi connectivity index (χ1n) is 5.93. The lowest BCUT2D eigenvalue weighted by Gasteiger charge is -2.18. The summed E-state index contributed by atoms with van der Waals surface area (Å²) in [6, 6.07) is 10.3. The average Bonchev–Trinajstić information content (AvgIpc) is 2.42. The number of benzene rings is 1. The molecule has 0 atom stereocenters. The van der Waals surface area contributed by atoms with Crippen LogP contribution in [0.4, 0.5) is 0 Å². The molecule has 0 amide bonds. The van der Waals surface area contributed by atoms with Crippen molar-refractivity contribution in [2.75, 3.05) is 7.05 Å². The third-order valence-electron chi connectivity index (χ3n) is 3.20. The van der Waals surface area contributed by atoms with Crippen LogP contribution < -0.4 is 0 Å². The highest BCUT2D eigenvalue weighted by molar-refractivity contribution is 6.34. The molecule has 2 rings (SSSR count). The van der Waals surface area contributed by atoms with E-state index in [1.807, 2.05) is 44.3 Å². The normalized spacial score (nSPS) is 20.6. The van der Waals surface area contributed by atoms with Crippen LogP contribution in [0.5, 0.6) is 0 Å². The maximum Gasteiger partial charge on any atom is 0.0649 e. The minimum atomic E-state index is 0.785. The number of aliphatic imine (C=N–C) groups is 1. The Morgan fingerprint density at radius 3 is 2.39 bits per heavy atom. The Balaban J connectivity index is 2.63. The molecule has 0 unspecified atom stereocenters. The zero-order chi connectivity index (χ0) is 13.1. The maximum absolute atomic E-state index is 6.22. The van der Waals surface area contributed by atoms with E-state index in [1.165, 1.54) is 11.1 Å². The molecule has 18 heavy (non-hydrogen) atoms. The van der Waals surface area contributed by atoms with E-state index < -0.39 is 0 Å². The van der Waals surface area contributed by atoms with Gasteiger partial charge in [-0.05, 0) is 42.7 Å². The Hall–Kier alpha value is -1.60. The summed E-state index contributed by atoms with van der Waals surface area (Å²) < 4.78 is 0.